The van der Waals surface area contributed by atoms with Crippen LogP contribution in [0.4, 0.5) is 4.39 Å². The van der Waals surface area contributed by atoms with Gasteiger partial charge in [-0.1, -0.05) is 30.3 Å². The first-order chi connectivity index (χ1) is 4.75. The van der Waals surface area contributed by atoms with Crippen LogP contribution in [-0.4, -0.2) is 0 Å². The van der Waals surface area contributed by atoms with Crippen LogP contribution in [-0.2, 0) is 0 Å². The molecule has 1 aromatic carbocycles. The average molecular weight is 156 g/mol. The highest BCUT2D eigenvalue weighted by molar-refractivity contribution is 6.31. The molecule has 1 rings (SSSR count). The van der Waals surface area contributed by atoms with Crippen LogP contribution in [0.5, 0.6) is 0 Å². The van der Waals surface area contributed by atoms with Gasteiger partial charge in [0.05, 0.1) is 5.02 Å². The lowest BCUT2D eigenvalue weighted by molar-refractivity contribution is 0.627. The third kappa shape index (κ3) is 1.19. The number of rotatable bonds is 1. The molecule has 0 aliphatic carbocycles. The lowest BCUT2D eigenvalue weighted by Crippen LogP contribution is -1.80. The van der Waals surface area contributed by atoms with E-state index in [1.807, 2.05) is 0 Å². The Balaban J connectivity index is 3.27. The van der Waals surface area contributed by atoms with Crippen molar-refractivity contribution in [2.45, 2.75) is 0 Å². The van der Waals surface area contributed by atoms with Crippen LogP contribution in [0.2, 0.25) is 5.02 Å². The van der Waals surface area contributed by atoms with Crippen LogP contribution in [0.1, 0.15) is 5.56 Å². The number of benzene rings is 1. The van der Waals surface area contributed by atoms with Gasteiger partial charge in [0.25, 0.3) is 0 Å². The van der Waals surface area contributed by atoms with Crippen LogP contribution >= 0.6 is 11.6 Å². The standard InChI is InChI=1S/C8H5ClF/c1-2-6-4-3-5-7(10)8(6)9/h3-5H,1H2. The van der Waals surface area contributed by atoms with Crippen molar-refractivity contribution in [2.24, 2.45) is 0 Å². The van der Waals surface area contributed by atoms with Gasteiger partial charge in [0.15, 0.2) is 0 Å². The number of hydrogen-bond acceptors (Lipinski definition) is 0. The molecule has 51 valence electrons. The van der Waals surface area contributed by atoms with Crippen LogP contribution in [0.3, 0.4) is 0 Å². The van der Waals surface area contributed by atoms with Gasteiger partial charge < -0.3 is 0 Å². The van der Waals surface area contributed by atoms with Crippen molar-refractivity contribution in [3.05, 3.63) is 47.3 Å². The van der Waals surface area contributed by atoms with Gasteiger partial charge in [-0.25, -0.2) is 4.39 Å². The highest BCUT2D eigenvalue weighted by Gasteiger charge is 2.00. The first kappa shape index (κ1) is 7.29. The Morgan fingerprint density at radius 2 is 2.20 bits per heavy atom. The van der Waals surface area contributed by atoms with Crippen molar-refractivity contribution in [1.82, 2.24) is 0 Å². The van der Waals surface area contributed by atoms with Gasteiger partial charge in [0, 0.05) is 5.56 Å². The molecule has 0 aromatic heterocycles. The summed E-state index contributed by atoms with van der Waals surface area (Å²) in [4.78, 5) is 0. The summed E-state index contributed by atoms with van der Waals surface area (Å²) in [7, 11) is 0. The zero-order valence-corrected chi connectivity index (χ0v) is 5.95. The molecule has 10 heavy (non-hydrogen) atoms. The zero-order chi connectivity index (χ0) is 7.56. The molecule has 1 aromatic rings. The van der Waals surface area contributed by atoms with E-state index in [2.05, 4.69) is 12.7 Å². The molecule has 0 amide bonds. The Bertz CT molecular complexity index is 255. The smallest absolute Gasteiger partial charge is 0.142 e. The second-order valence-electron chi connectivity index (χ2n) is 1.78. The third-order valence-corrected chi connectivity index (χ3v) is 1.53. The van der Waals surface area contributed by atoms with Crippen molar-refractivity contribution >= 4 is 11.6 Å². The highest BCUT2D eigenvalue weighted by Crippen LogP contribution is 2.18. The quantitative estimate of drug-likeness (QED) is 0.585. The summed E-state index contributed by atoms with van der Waals surface area (Å²) in [5, 5.41) is 0.0810. The van der Waals surface area contributed by atoms with Gasteiger partial charge in [-0.15, -0.1) is 0 Å². The summed E-state index contributed by atoms with van der Waals surface area (Å²) in [6, 6.07) is 4.51. The zero-order valence-electron chi connectivity index (χ0n) is 5.20. The average Bonchev–Trinajstić information content (AvgIpc) is 1.95. The summed E-state index contributed by atoms with van der Waals surface area (Å²) in [5.74, 6) is -0.435. The van der Waals surface area contributed by atoms with E-state index in [1.165, 1.54) is 6.07 Å². The van der Waals surface area contributed by atoms with E-state index >= 15 is 0 Å². The molecular weight excluding hydrogens is 151 g/mol. The van der Waals surface area contributed by atoms with E-state index in [1.54, 1.807) is 12.1 Å². The monoisotopic (exact) mass is 155 g/mol. The molecule has 1 radical (unpaired) electrons. The van der Waals surface area contributed by atoms with Crippen LogP contribution < -0.4 is 0 Å². The topological polar surface area (TPSA) is 0 Å². The van der Waals surface area contributed by atoms with Crippen LogP contribution in [0, 0.1) is 11.9 Å². The molecule has 0 bridgehead atoms. The Morgan fingerprint density at radius 1 is 1.50 bits per heavy atom. The first-order valence-electron chi connectivity index (χ1n) is 2.73. The maximum Gasteiger partial charge on any atom is 0.142 e. The summed E-state index contributed by atoms with van der Waals surface area (Å²) >= 11 is 5.52. The van der Waals surface area contributed by atoms with Crippen LogP contribution in [0.25, 0.3) is 0 Å². The van der Waals surface area contributed by atoms with Crippen molar-refractivity contribution in [2.75, 3.05) is 0 Å². The lowest BCUT2D eigenvalue weighted by Gasteiger charge is -1.95. The Kier molecular flexibility index (Phi) is 2.07. The van der Waals surface area contributed by atoms with Gasteiger partial charge >= 0.3 is 0 Å². The van der Waals surface area contributed by atoms with Gasteiger partial charge in [0.2, 0.25) is 0 Å². The molecule has 0 saturated heterocycles. The first-order valence-corrected chi connectivity index (χ1v) is 3.10. The molecular formula is C8H5ClF. The van der Waals surface area contributed by atoms with E-state index in [-0.39, 0.29) is 5.02 Å². The van der Waals surface area contributed by atoms with Crippen molar-refractivity contribution in [3.8, 4) is 0 Å². The normalized spacial score (nSPS) is 9.40. The van der Waals surface area contributed by atoms with Crippen LogP contribution in [0.15, 0.2) is 24.8 Å². The molecule has 0 spiro atoms. The second-order valence-corrected chi connectivity index (χ2v) is 2.16. The van der Waals surface area contributed by atoms with Crippen molar-refractivity contribution < 1.29 is 4.39 Å². The summed E-state index contributed by atoms with van der Waals surface area (Å²) in [5.41, 5.74) is 0.502. The maximum absolute atomic E-state index is 12.6. The molecule has 0 nitrogen and oxygen atoms in total. The molecule has 0 N–H and O–H groups in total. The minimum Gasteiger partial charge on any atom is -0.205 e. The predicted octanol–water partition coefficient (Wildman–Crippen LogP) is 2.82. The molecule has 0 heterocycles. The van der Waals surface area contributed by atoms with E-state index in [4.69, 9.17) is 11.6 Å². The summed E-state index contributed by atoms with van der Waals surface area (Å²) in [6.07, 6.45) is 2.51. The van der Waals surface area contributed by atoms with Crippen molar-refractivity contribution in [3.63, 3.8) is 0 Å². The second kappa shape index (κ2) is 2.84. The predicted molar refractivity (Wildman–Crippen MR) is 39.4 cm³/mol. The highest BCUT2D eigenvalue weighted by atomic mass is 35.5. The third-order valence-electron chi connectivity index (χ3n) is 1.14. The molecule has 0 aliphatic rings. The SMILES string of the molecule is C=[C]c1cccc(F)c1Cl. The van der Waals surface area contributed by atoms with Gasteiger partial charge in [-0.05, 0) is 12.1 Å². The molecule has 0 unspecified atom stereocenters. The fourth-order valence-electron chi connectivity index (χ4n) is 0.640. The fraction of sp³-hybridized carbons (Fsp3) is 0. The number of hydrogen-bond donors (Lipinski definition) is 0. The van der Waals surface area contributed by atoms with E-state index in [9.17, 15) is 4.39 Å². The molecule has 0 saturated carbocycles. The number of halogens is 2. The maximum atomic E-state index is 12.6. The van der Waals surface area contributed by atoms with Gasteiger partial charge in [-0.3, -0.25) is 0 Å². The van der Waals surface area contributed by atoms with Crippen molar-refractivity contribution in [1.29, 1.82) is 0 Å². The molecule has 2 heteroatoms. The van der Waals surface area contributed by atoms with Gasteiger partial charge in [-0.2, -0.15) is 0 Å². The molecule has 0 atom stereocenters. The Hall–Kier alpha value is -0.820. The molecule has 0 aliphatic heterocycles. The van der Waals surface area contributed by atoms with E-state index in [0.717, 1.165) is 0 Å². The lowest BCUT2D eigenvalue weighted by atomic mass is 10.2. The van der Waals surface area contributed by atoms with E-state index in [0.29, 0.717) is 5.56 Å². The minimum atomic E-state index is -0.435. The summed E-state index contributed by atoms with van der Waals surface area (Å²) in [6.45, 7) is 3.36. The van der Waals surface area contributed by atoms with Gasteiger partial charge in [0.1, 0.15) is 5.82 Å². The Labute approximate surface area is 63.9 Å². The summed E-state index contributed by atoms with van der Waals surface area (Å²) < 4.78 is 12.6. The fourth-order valence-corrected chi connectivity index (χ4v) is 0.833. The minimum absolute atomic E-state index is 0.0810. The molecule has 0 fully saturated rings. The largest absolute Gasteiger partial charge is 0.205 e. The van der Waals surface area contributed by atoms with E-state index < -0.39 is 5.82 Å². The Morgan fingerprint density at radius 3 is 2.70 bits per heavy atom.